The molecule has 0 fully saturated rings. The number of methoxy groups -OCH3 is 1. The van der Waals surface area contributed by atoms with Crippen molar-refractivity contribution in [2.45, 2.75) is 45.3 Å². The minimum Gasteiger partial charge on any atom is -0.444 e. The van der Waals surface area contributed by atoms with Gasteiger partial charge in [-0.25, -0.2) is 4.79 Å². The van der Waals surface area contributed by atoms with Gasteiger partial charge in [0.25, 0.3) is 0 Å². The molecule has 0 aromatic heterocycles. The van der Waals surface area contributed by atoms with Gasteiger partial charge in [-0.3, -0.25) is 9.63 Å². The fourth-order valence-electron chi connectivity index (χ4n) is 1.46. The second-order valence-electron chi connectivity index (χ2n) is 5.60. The van der Waals surface area contributed by atoms with Crippen molar-refractivity contribution in [1.82, 2.24) is 10.8 Å². The molecule has 0 spiro atoms. The maximum absolute atomic E-state index is 11.4. The molecule has 0 saturated carbocycles. The van der Waals surface area contributed by atoms with Crippen molar-refractivity contribution in [3.05, 3.63) is 0 Å². The van der Waals surface area contributed by atoms with Crippen molar-refractivity contribution in [3.8, 4) is 0 Å². The number of rotatable bonds is 10. The van der Waals surface area contributed by atoms with Crippen LogP contribution in [0.4, 0.5) is 4.79 Å². The van der Waals surface area contributed by atoms with Gasteiger partial charge in [0, 0.05) is 13.7 Å². The monoisotopic (exact) mass is 305 g/mol. The van der Waals surface area contributed by atoms with Crippen LogP contribution in [0.2, 0.25) is 0 Å². The number of carbonyl (C=O) groups is 2. The molecule has 21 heavy (non-hydrogen) atoms. The smallest absolute Gasteiger partial charge is 0.407 e. The molecule has 0 rings (SSSR count). The molecule has 0 aliphatic heterocycles. The summed E-state index contributed by atoms with van der Waals surface area (Å²) in [5, 5.41) is 2.67. The number of hydroxylamine groups is 1. The van der Waals surface area contributed by atoms with Crippen LogP contribution >= 0.6 is 0 Å². The number of nitrogens with two attached hydrogens (primary N) is 1. The van der Waals surface area contributed by atoms with Crippen LogP contribution in [0, 0.1) is 0 Å². The van der Waals surface area contributed by atoms with Gasteiger partial charge in [-0.05, 0) is 33.6 Å². The molecule has 0 heterocycles. The van der Waals surface area contributed by atoms with E-state index in [4.69, 9.17) is 20.0 Å². The molecule has 2 amide bonds. The van der Waals surface area contributed by atoms with Crippen LogP contribution in [0.25, 0.3) is 0 Å². The molecule has 4 N–H and O–H groups in total. The quantitative estimate of drug-likeness (QED) is 0.396. The molecular weight excluding hydrogens is 278 g/mol. The van der Waals surface area contributed by atoms with E-state index in [-0.39, 0.29) is 12.6 Å². The molecule has 8 heteroatoms. The summed E-state index contributed by atoms with van der Waals surface area (Å²) in [4.78, 5) is 26.9. The summed E-state index contributed by atoms with van der Waals surface area (Å²) in [6.07, 6.45) is 0.964. The highest BCUT2D eigenvalue weighted by Gasteiger charge is 2.15. The number of ether oxygens (including phenoxy) is 2. The minimum absolute atomic E-state index is 0.0882. The van der Waals surface area contributed by atoms with E-state index in [0.29, 0.717) is 26.0 Å². The van der Waals surface area contributed by atoms with Crippen molar-refractivity contribution >= 4 is 12.0 Å². The summed E-state index contributed by atoms with van der Waals surface area (Å²) >= 11 is 0. The Morgan fingerprint density at radius 2 is 1.95 bits per heavy atom. The number of carbonyl (C=O) groups excluding carboxylic acids is 2. The van der Waals surface area contributed by atoms with Gasteiger partial charge in [-0.15, -0.1) is 0 Å². The number of alkyl carbamates (subject to hydrolysis) is 1. The summed E-state index contributed by atoms with van der Waals surface area (Å²) < 4.78 is 10.2. The summed E-state index contributed by atoms with van der Waals surface area (Å²) in [5.41, 5.74) is 7.16. The Balaban J connectivity index is 3.82. The first-order valence-corrected chi connectivity index (χ1v) is 6.86. The van der Waals surface area contributed by atoms with Crippen LogP contribution in [-0.2, 0) is 19.1 Å². The molecule has 0 radical (unpaired) electrons. The predicted octanol–water partition coefficient (Wildman–Crippen LogP) is 0.313. The highest BCUT2D eigenvalue weighted by molar-refractivity contribution is 5.74. The summed E-state index contributed by atoms with van der Waals surface area (Å²) in [6.45, 7) is 6.12. The molecule has 0 aliphatic carbocycles. The largest absolute Gasteiger partial charge is 0.444 e. The Kier molecular flexibility index (Phi) is 9.68. The SMILES string of the molecule is COCC(CCCNC(=O)OC(C)(C)C)NOCC(N)=O. The van der Waals surface area contributed by atoms with Crippen LogP contribution in [0.1, 0.15) is 33.6 Å². The van der Waals surface area contributed by atoms with Crippen LogP contribution < -0.4 is 16.5 Å². The lowest BCUT2D eigenvalue weighted by Gasteiger charge is -2.20. The minimum atomic E-state index is -0.551. The van der Waals surface area contributed by atoms with Gasteiger partial charge in [0.05, 0.1) is 12.6 Å². The van der Waals surface area contributed by atoms with Crippen molar-refractivity contribution < 1.29 is 23.9 Å². The lowest BCUT2D eigenvalue weighted by Crippen LogP contribution is -2.37. The van der Waals surface area contributed by atoms with Crippen molar-refractivity contribution in [2.75, 3.05) is 26.9 Å². The van der Waals surface area contributed by atoms with Gasteiger partial charge in [0.1, 0.15) is 12.2 Å². The van der Waals surface area contributed by atoms with Crippen LogP contribution in [-0.4, -0.2) is 50.5 Å². The predicted molar refractivity (Wildman–Crippen MR) is 77.4 cm³/mol. The second-order valence-corrected chi connectivity index (χ2v) is 5.60. The van der Waals surface area contributed by atoms with Crippen LogP contribution in [0.3, 0.4) is 0 Å². The van der Waals surface area contributed by atoms with E-state index in [1.54, 1.807) is 27.9 Å². The van der Waals surface area contributed by atoms with E-state index in [1.165, 1.54) is 0 Å². The molecule has 0 bridgehead atoms. The molecule has 0 saturated heterocycles. The Morgan fingerprint density at radius 3 is 2.48 bits per heavy atom. The van der Waals surface area contributed by atoms with E-state index in [0.717, 1.165) is 0 Å². The van der Waals surface area contributed by atoms with Crippen LogP contribution in [0.5, 0.6) is 0 Å². The number of nitrogens with one attached hydrogen (secondary N) is 2. The Labute approximate surface area is 125 Å². The average Bonchev–Trinajstić information content (AvgIpc) is 2.31. The molecular formula is C13H27N3O5. The molecule has 124 valence electrons. The van der Waals surface area contributed by atoms with E-state index < -0.39 is 17.6 Å². The summed E-state index contributed by atoms with van der Waals surface area (Å²) in [5.74, 6) is -0.551. The number of hydrogen-bond acceptors (Lipinski definition) is 6. The maximum Gasteiger partial charge on any atom is 0.407 e. The third kappa shape index (κ3) is 13.4. The Morgan fingerprint density at radius 1 is 1.29 bits per heavy atom. The zero-order valence-electron chi connectivity index (χ0n) is 13.2. The second kappa shape index (κ2) is 10.4. The standard InChI is InChI=1S/C13H27N3O5/c1-13(2,3)21-12(18)15-7-5-6-10(8-19-4)16-20-9-11(14)17/h10,16H,5-9H2,1-4H3,(H2,14,17)(H,15,18). The molecule has 0 aliphatic rings. The first-order chi connectivity index (χ1) is 9.74. The highest BCUT2D eigenvalue weighted by atomic mass is 16.6. The number of amides is 2. The normalized spacial score (nSPS) is 12.8. The summed E-state index contributed by atoms with van der Waals surface area (Å²) in [7, 11) is 1.57. The van der Waals surface area contributed by atoms with Gasteiger partial charge in [-0.2, -0.15) is 5.48 Å². The van der Waals surface area contributed by atoms with Gasteiger partial charge in [0.2, 0.25) is 5.91 Å². The van der Waals surface area contributed by atoms with Crippen molar-refractivity contribution in [3.63, 3.8) is 0 Å². The maximum atomic E-state index is 11.4. The topological polar surface area (TPSA) is 112 Å². The third-order valence-electron chi connectivity index (χ3n) is 2.23. The highest BCUT2D eigenvalue weighted by Crippen LogP contribution is 2.06. The third-order valence-corrected chi connectivity index (χ3v) is 2.23. The fourth-order valence-corrected chi connectivity index (χ4v) is 1.46. The van der Waals surface area contributed by atoms with E-state index in [2.05, 4.69) is 10.8 Å². The molecule has 0 aromatic rings. The molecule has 1 unspecified atom stereocenters. The fraction of sp³-hybridized carbons (Fsp3) is 0.846. The Bertz CT molecular complexity index is 317. The van der Waals surface area contributed by atoms with Gasteiger partial charge >= 0.3 is 6.09 Å². The number of primary amides is 1. The number of hydrogen-bond donors (Lipinski definition) is 3. The van der Waals surface area contributed by atoms with E-state index in [1.807, 2.05) is 0 Å². The van der Waals surface area contributed by atoms with Gasteiger partial charge in [-0.1, -0.05) is 0 Å². The van der Waals surface area contributed by atoms with Crippen LogP contribution in [0.15, 0.2) is 0 Å². The van der Waals surface area contributed by atoms with Crippen molar-refractivity contribution in [1.29, 1.82) is 0 Å². The zero-order chi connectivity index (χ0) is 16.3. The summed E-state index contributed by atoms with van der Waals surface area (Å²) in [6, 6.07) is -0.0882. The Hall–Kier alpha value is -1.38. The first-order valence-electron chi connectivity index (χ1n) is 6.86. The zero-order valence-corrected chi connectivity index (χ0v) is 13.2. The lowest BCUT2D eigenvalue weighted by molar-refractivity contribution is -0.126. The average molecular weight is 305 g/mol. The molecule has 0 aromatic carbocycles. The lowest BCUT2D eigenvalue weighted by atomic mass is 10.2. The van der Waals surface area contributed by atoms with Crippen molar-refractivity contribution in [2.24, 2.45) is 5.73 Å². The first kappa shape index (κ1) is 19.6. The molecule has 8 nitrogen and oxygen atoms in total. The molecule has 1 atom stereocenters. The van der Waals surface area contributed by atoms with Gasteiger partial charge < -0.3 is 20.5 Å². The van der Waals surface area contributed by atoms with Gasteiger partial charge in [0.15, 0.2) is 0 Å². The van der Waals surface area contributed by atoms with E-state index >= 15 is 0 Å². The van der Waals surface area contributed by atoms with E-state index in [9.17, 15) is 9.59 Å².